The first-order valence-electron chi connectivity index (χ1n) is 3.06. The number of carbonyl (C=O) groups is 1. The molecule has 4 nitrogen and oxygen atoms in total. The highest BCUT2D eigenvalue weighted by Gasteiger charge is 2.03. The largest absolute Gasteiger partial charge is 0.477 e. The number of aromatic carboxylic acids is 1. The van der Waals surface area contributed by atoms with Gasteiger partial charge in [0.1, 0.15) is 5.69 Å². The molecule has 0 amide bonds. The van der Waals surface area contributed by atoms with Crippen molar-refractivity contribution in [2.24, 2.45) is 0 Å². The molecule has 12 heavy (non-hydrogen) atoms. The standard InChI is InChI=1S/C8H4N2O2/c9-3-1-2-6-4-7(8(11)12)10-5-6/h4-5,10H,(H,11,12). The first kappa shape index (κ1) is 7.90. The Morgan fingerprint density at radius 3 is 2.92 bits per heavy atom. The number of aromatic amines is 1. The van der Waals surface area contributed by atoms with E-state index in [1.165, 1.54) is 12.3 Å². The summed E-state index contributed by atoms with van der Waals surface area (Å²) in [6.07, 6.45) is 1.44. The summed E-state index contributed by atoms with van der Waals surface area (Å²) in [4.78, 5) is 12.8. The molecule has 0 atom stereocenters. The molecule has 0 aliphatic heterocycles. The van der Waals surface area contributed by atoms with Gasteiger partial charge in [0, 0.05) is 17.7 Å². The third-order valence-electron chi connectivity index (χ3n) is 1.18. The van der Waals surface area contributed by atoms with Gasteiger partial charge in [-0.1, -0.05) is 0 Å². The van der Waals surface area contributed by atoms with E-state index in [-0.39, 0.29) is 5.69 Å². The third-order valence-corrected chi connectivity index (χ3v) is 1.18. The highest BCUT2D eigenvalue weighted by atomic mass is 16.4. The average molecular weight is 160 g/mol. The smallest absolute Gasteiger partial charge is 0.352 e. The number of hydrogen-bond acceptors (Lipinski definition) is 2. The van der Waals surface area contributed by atoms with Crippen LogP contribution in [-0.4, -0.2) is 16.1 Å². The van der Waals surface area contributed by atoms with Gasteiger partial charge in [-0.05, 0) is 12.0 Å². The van der Waals surface area contributed by atoms with Gasteiger partial charge in [0.2, 0.25) is 0 Å². The van der Waals surface area contributed by atoms with E-state index >= 15 is 0 Å². The second-order valence-electron chi connectivity index (χ2n) is 1.97. The first-order chi connectivity index (χ1) is 5.74. The lowest BCUT2D eigenvalue weighted by molar-refractivity contribution is 0.0691. The lowest BCUT2D eigenvalue weighted by atomic mass is 10.3. The molecule has 1 rings (SSSR count). The van der Waals surface area contributed by atoms with E-state index in [0.717, 1.165) is 0 Å². The van der Waals surface area contributed by atoms with Crippen molar-refractivity contribution >= 4 is 5.97 Å². The lowest BCUT2D eigenvalue weighted by Crippen LogP contribution is -1.94. The van der Waals surface area contributed by atoms with Crippen LogP contribution in [0.2, 0.25) is 0 Å². The van der Waals surface area contributed by atoms with E-state index in [1.54, 1.807) is 6.07 Å². The van der Waals surface area contributed by atoms with Crippen LogP contribution in [0, 0.1) is 23.2 Å². The molecule has 1 heterocycles. The number of rotatable bonds is 1. The Morgan fingerprint density at radius 2 is 2.42 bits per heavy atom. The highest BCUT2D eigenvalue weighted by molar-refractivity contribution is 5.86. The van der Waals surface area contributed by atoms with Crippen molar-refractivity contribution in [3.8, 4) is 17.9 Å². The molecule has 0 bridgehead atoms. The molecule has 0 radical (unpaired) electrons. The van der Waals surface area contributed by atoms with Crippen LogP contribution >= 0.6 is 0 Å². The van der Waals surface area contributed by atoms with Crippen LogP contribution < -0.4 is 0 Å². The maximum absolute atomic E-state index is 10.3. The van der Waals surface area contributed by atoms with Gasteiger partial charge in [-0.15, -0.1) is 0 Å². The summed E-state index contributed by atoms with van der Waals surface area (Å²) in [5, 5.41) is 16.6. The van der Waals surface area contributed by atoms with Crippen molar-refractivity contribution < 1.29 is 9.90 Å². The Bertz CT molecular complexity index is 401. The van der Waals surface area contributed by atoms with E-state index in [4.69, 9.17) is 10.4 Å². The van der Waals surface area contributed by atoms with E-state index in [1.807, 2.05) is 0 Å². The topological polar surface area (TPSA) is 76.9 Å². The van der Waals surface area contributed by atoms with Gasteiger partial charge in [0.15, 0.2) is 6.07 Å². The predicted molar refractivity (Wildman–Crippen MR) is 40.2 cm³/mol. The lowest BCUT2D eigenvalue weighted by Gasteiger charge is -1.81. The minimum Gasteiger partial charge on any atom is -0.477 e. The molecule has 0 aliphatic carbocycles. The fraction of sp³-hybridized carbons (Fsp3) is 0. The van der Waals surface area contributed by atoms with Crippen molar-refractivity contribution in [2.75, 3.05) is 0 Å². The fourth-order valence-electron chi connectivity index (χ4n) is 0.690. The van der Waals surface area contributed by atoms with Gasteiger partial charge >= 0.3 is 5.97 Å². The van der Waals surface area contributed by atoms with Gasteiger partial charge in [-0.3, -0.25) is 0 Å². The predicted octanol–water partition coefficient (Wildman–Crippen LogP) is 0.588. The normalized spacial score (nSPS) is 7.92. The van der Waals surface area contributed by atoms with Crippen molar-refractivity contribution in [3.63, 3.8) is 0 Å². The molecule has 0 saturated carbocycles. The minimum atomic E-state index is -1.04. The van der Waals surface area contributed by atoms with Crippen LogP contribution in [0.1, 0.15) is 16.1 Å². The van der Waals surface area contributed by atoms with Gasteiger partial charge in [0.25, 0.3) is 0 Å². The van der Waals surface area contributed by atoms with Crippen molar-refractivity contribution in [3.05, 3.63) is 23.5 Å². The Labute approximate surface area is 68.4 Å². The van der Waals surface area contributed by atoms with Crippen molar-refractivity contribution in [1.82, 2.24) is 4.98 Å². The molecule has 0 fully saturated rings. The number of nitrogens with zero attached hydrogens (tertiary/aromatic N) is 1. The fourth-order valence-corrected chi connectivity index (χ4v) is 0.690. The number of nitrogens with one attached hydrogen (secondary N) is 1. The van der Waals surface area contributed by atoms with Crippen LogP contribution in [0.4, 0.5) is 0 Å². The molecule has 0 aliphatic rings. The zero-order valence-corrected chi connectivity index (χ0v) is 5.96. The summed E-state index contributed by atoms with van der Waals surface area (Å²) in [7, 11) is 0. The molecular formula is C8H4N2O2. The summed E-state index contributed by atoms with van der Waals surface area (Å²) in [6.45, 7) is 0. The van der Waals surface area contributed by atoms with Gasteiger partial charge < -0.3 is 10.1 Å². The minimum absolute atomic E-state index is 0.0669. The average Bonchev–Trinajstić information content (AvgIpc) is 2.48. The second kappa shape index (κ2) is 3.27. The summed E-state index contributed by atoms with van der Waals surface area (Å²) in [5.41, 5.74) is 0.561. The molecule has 1 aromatic rings. The van der Waals surface area contributed by atoms with E-state index in [2.05, 4.69) is 16.8 Å². The van der Waals surface area contributed by atoms with E-state index in [0.29, 0.717) is 5.56 Å². The summed E-state index contributed by atoms with van der Waals surface area (Å²) in [6, 6.07) is 3.00. The first-order valence-corrected chi connectivity index (χ1v) is 3.06. The Morgan fingerprint density at radius 1 is 1.67 bits per heavy atom. The molecule has 0 aromatic carbocycles. The van der Waals surface area contributed by atoms with Gasteiger partial charge in [-0.2, -0.15) is 5.26 Å². The summed E-state index contributed by atoms with van der Waals surface area (Å²) >= 11 is 0. The molecule has 2 N–H and O–H groups in total. The van der Waals surface area contributed by atoms with Crippen LogP contribution in [0.5, 0.6) is 0 Å². The zero-order chi connectivity index (χ0) is 8.97. The van der Waals surface area contributed by atoms with Crippen LogP contribution in [0.3, 0.4) is 0 Å². The third kappa shape index (κ3) is 1.65. The SMILES string of the molecule is N#CC#Cc1c[nH]c(C(=O)O)c1. The molecule has 0 unspecified atom stereocenters. The molecule has 0 spiro atoms. The monoisotopic (exact) mass is 160 g/mol. The number of nitriles is 1. The Kier molecular flexibility index (Phi) is 2.15. The Hall–Kier alpha value is -2.20. The summed E-state index contributed by atoms with van der Waals surface area (Å²) in [5.74, 6) is 3.58. The number of hydrogen-bond donors (Lipinski definition) is 2. The van der Waals surface area contributed by atoms with Gasteiger partial charge in [-0.25, -0.2) is 4.79 Å². The number of carboxylic acid groups (broad SMARTS) is 1. The second-order valence-corrected chi connectivity index (χ2v) is 1.97. The van der Waals surface area contributed by atoms with Crippen LogP contribution in [-0.2, 0) is 0 Å². The van der Waals surface area contributed by atoms with Crippen molar-refractivity contribution in [2.45, 2.75) is 0 Å². The number of carboxylic acids is 1. The quantitative estimate of drug-likeness (QED) is 0.590. The molecular weight excluding hydrogens is 156 g/mol. The molecule has 4 heteroatoms. The van der Waals surface area contributed by atoms with Crippen LogP contribution in [0.25, 0.3) is 0 Å². The molecule has 58 valence electrons. The molecule has 0 saturated heterocycles. The molecule has 1 aromatic heterocycles. The maximum atomic E-state index is 10.3. The maximum Gasteiger partial charge on any atom is 0.352 e. The summed E-state index contributed by atoms with van der Waals surface area (Å²) < 4.78 is 0. The highest BCUT2D eigenvalue weighted by Crippen LogP contribution is 2.00. The number of aromatic nitrogens is 1. The number of H-pyrrole nitrogens is 1. The van der Waals surface area contributed by atoms with Gasteiger partial charge in [0.05, 0.1) is 0 Å². The van der Waals surface area contributed by atoms with Crippen LogP contribution in [0.15, 0.2) is 12.3 Å². The van der Waals surface area contributed by atoms with E-state index < -0.39 is 5.97 Å². The zero-order valence-electron chi connectivity index (χ0n) is 5.96. The van der Waals surface area contributed by atoms with Crippen molar-refractivity contribution in [1.29, 1.82) is 5.26 Å². The Balaban J connectivity index is 2.94. The van der Waals surface area contributed by atoms with E-state index in [9.17, 15) is 4.79 Å².